The molecular weight excluding hydrogens is 404 g/mol. The lowest BCUT2D eigenvalue weighted by Gasteiger charge is -2.41. The normalized spacial score (nSPS) is 16.7. The number of anilines is 2. The Hall–Kier alpha value is -3.05. The molecule has 0 spiro atoms. The molecule has 1 fully saturated rings. The highest BCUT2D eigenvalue weighted by Gasteiger charge is 2.42. The smallest absolute Gasteiger partial charge is 0.255 e. The Labute approximate surface area is 187 Å². The van der Waals surface area contributed by atoms with Gasteiger partial charge < -0.3 is 4.90 Å². The zero-order chi connectivity index (χ0) is 22.1. The average molecular weight is 431 g/mol. The maximum absolute atomic E-state index is 13.8. The van der Waals surface area contributed by atoms with Gasteiger partial charge in [0, 0.05) is 16.3 Å². The van der Waals surface area contributed by atoms with E-state index in [0.717, 1.165) is 38.5 Å². The number of aryl methyl sites for hydroxylation is 3. The number of rotatable bonds is 4. The first-order valence-electron chi connectivity index (χ1n) is 10.3. The summed E-state index contributed by atoms with van der Waals surface area (Å²) in [5, 5.41) is 0. The summed E-state index contributed by atoms with van der Waals surface area (Å²) >= 11 is 1.65. The predicted octanol–water partition coefficient (Wildman–Crippen LogP) is 5.45. The van der Waals surface area contributed by atoms with Crippen LogP contribution in [0.2, 0.25) is 0 Å². The number of hydrogen-bond acceptors (Lipinski definition) is 3. The van der Waals surface area contributed by atoms with E-state index in [1.54, 1.807) is 21.6 Å². The molecule has 2 amide bonds. The number of carbonyl (C=O) groups excluding carboxylic acids is 2. The molecule has 0 radical (unpaired) electrons. The van der Waals surface area contributed by atoms with Crippen molar-refractivity contribution >= 4 is 35.0 Å². The molecule has 3 aromatic carbocycles. The number of piperazine rings is 1. The molecule has 1 aliphatic rings. The average Bonchev–Trinajstić information content (AvgIpc) is 2.76. The molecule has 4 rings (SSSR count). The minimum absolute atomic E-state index is 0.0224. The maximum Gasteiger partial charge on any atom is 0.255 e. The van der Waals surface area contributed by atoms with Gasteiger partial charge >= 0.3 is 0 Å². The van der Waals surface area contributed by atoms with Gasteiger partial charge in [-0.15, -0.1) is 11.8 Å². The Kier molecular flexibility index (Phi) is 5.88. The Balaban J connectivity index is 1.82. The number of thioether (sulfide) groups is 1. The van der Waals surface area contributed by atoms with Crippen LogP contribution in [0.1, 0.15) is 28.3 Å². The zero-order valence-corrected chi connectivity index (χ0v) is 19.1. The largest absolute Gasteiger partial charge is 0.301 e. The third kappa shape index (κ3) is 4.10. The molecule has 0 aromatic heterocycles. The summed E-state index contributed by atoms with van der Waals surface area (Å²) in [6.07, 6.45) is 2.02. The van der Waals surface area contributed by atoms with Gasteiger partial charge in [0.25, 0.3) is 5.91 Å². The van der Waals surface area contributed by atoms with Crippen LogP contribution in [0, 0.1) is 20.8 Å². The van der Waals surface area contributed by atoms with Crippen molar-refractivity contribution in [3.63, 3.8) is 0 Å². The minimum Gasteiger partial charge on any atom is -0.301 e. The van der Waals surface area contributed by atoms with E-state index in [4.69, 9.17) is 0 Å². The van der Waals surface area contributed by atoms with Gasteiger partial charge in [0.05, 0.1) is 0 Å². The minimum atomic E-state index is -0.708. The lowest BCUT2D eigenvalue weighted by atomic mass is 9.98. The molecule has 31 heavy (non-hydrogen) atoms. The maximum atomic E-state index is 13.8. The van der Waals surface area contributed by atoms with Gasteiger partial charge in [-0.05, 0) is 68.5 Å². The molecule has 0 bridgehead atoms. The predicted molar refractivity (Wildman–Crippen MR) is 128 cm³/mol. The summed E-state index contributed by atoms with van der Waals surface area (Å²) in [5.74, 6) is -0.189. The lowest BCUT2D eigenvalue weighted by molar-refractivity contribution is -0.128. The second kappa shape index (κ2) is 8.60. The first kappa shape index (κ1) is 21.2. The number of nitrogens with zero attached hydrogens (tertiary/aromatic N) is 2. The third-order valence-electron chi connectivity index (χ3n) is 5.71. The van der Waals surface area contributed by atoms with Crippen molar-refractivity contribution in [2.45, 2.75) is 31.7 Å². The lowest BCUT2D eigenvalue weighted by Crippen LogP contribution is -2.56. The number of carbonyl (C=O) groups is 2. The standard InChI is InChI=1S/C26H26N2O2S/c1-17-5-10-21(11-6-17)27-16-24(29)28(23-14-7-18(2)15-19(23)3)25(26(27)30)20-8-12-22(31-4)13-9-20/h5-15,25H,16H2,1-4H3/t25-/m0/s1. The summed E-state index contributed by atoms with van der Waals surface area (Å²) in [6, 6.07) is 20.9. The Bertz CT molecular complexity index is 1120. The van der Waals surface area contributed by atoms with Crippen LogP contribution in [0.25, 0.3) is 0 Å². The summed E-state index contributed by atoms with van der Waals surface area (Å²) < 4.78 is 0. The second-order valence-electron chi connectivity index (χ2n) is 7.99. The quantitative estimate of drug-likeness (QED) is 0.517. The van der Waals surface area contributed by atoms with Crippen molar-refractivity contribution in [2.75, 3.05) is 22.6 Å². The Morgan fingerprint density at radius 3 is 2.10 bits per heavy atom. The van der Waals surface area contributed by atoms with Crippen molar-refractivity contribution in [3.8, 4) is 0 Å². The molecule has 0 aliphatic carbocycles. The van der Waals surface area contributed by atoms with Crippen LogP contribution in [0.15, 0.2) is 71.6 Å². The van der Waals surface area contributed by atoms with Gasteiger partial charge in [0.1, 0.15) is 12.6 Å². The van der Waals surface area contributed by atoms with E-state index in [1.807, 2.05) is 93.8 Å². The van der Waals surface area contributed by atoms with E-state index < -0.39 is 6.04 Å². The SMILES string of the molecule is CSc1ccc([C@H]2C(=O)N(c3ccc(C)cc3)CC(=O)N2c2ccc(C)cc2C)cc1. The van der Waals surface area contributed by atoms with E-state index in [9.17, 15) is 9.59 Å². The summed E-state index contributed by atoms with van der Waals surface area (Å²) in [6.45, 7) is 6.04. The van der Waals surface area contributed by atoms with Crippen molar-refractivity contribution in [2.24, 2.45) is 0 Å². The highest BCUT2D eigenvalue weighted by atomic mass is 32.2. The Morgan fingerprint density at radius 2 is 1.48 bits per heavy atom. The van der Waals surface area contributed by atoms with Gasteiger partial charge in [0.2, 0.25) is 5.91 Å². The summed E-state index contributed by atoms with van der Waals surface area (Å²) in [4.78, 5) is 31.7. The van der Waals surface area contributed by atoms with Gasteiger partial charge in [-0.25, -0.2) is 0 Å². The molecule has 0 unspecified atom stereocenters. The third-order valence-corrected chi connectivity index (χ3v) is 6.45. The zero-order valence-electron chi connectivity index (χ0n) is 18.3. The topological polar surface area (TPSA) is 40.6 Å². The van der Waals surface area contributed by atoms with Gasteiger partial charge in [0.15, 0.2) is 0 Å². The van der Waals surface area contributed by atoms with E-state index in [-0.39, 0.29) is 18.4 Å². The molecule has 0 saturated carbocycles. The van der Waals surface area contributed by atoms with Crippen molar-refractivity contribution in [1.29, 1.82) is 0 Å². The van der Waals surface area contributed by atoms with Crippen LogP contribution in [-0.2, 0) is 9.59 Å². The highest BCUT2D eigenvalue weighted by molar-refractivity contribution is 7.98. The van der Waals surface area contributed by atoms with Gasteiger partial charge in [-0.2, -0.15) is 0 Å². The van der Waals surface area contributed by atoms with Crippen LogP contribution in [0.4, 0.5) is 11.4 Å². The van der Waals surface area contributed by atoms with E-state index in [1.165, 1.54) is 0 Å². The second-order valence-corrected chi connectivity index (χ2v) is 8.87. The summed E-state index contributed by atoms with van der Waals surface area (Å²) in [5.41, 5.74) is 5.56. The van der Waals surface area contributed by atoms with Crippen LogP contribution in [0.3, 0.4) is 0 Å². The van der Waals surface area contributed by atoms with E-state index >= 15 is 0 Å². The fraction of sp³-hybridized carbons (Fsp3) is 0.231. The molecule has 1 atom stereocenters. The highest BCUT2D eigenvalue weighted by Crippen LogP contribution is 2.36. The van der Waals surface area contributed by atoms with Gasteiger partial charge in [-0.3, -0.25) is 14.5 Å². The van der Waals surface area contributed by atoms with Crippen LogP contribution < -0.4 is 9.80 Å². The first-order chi connectivity index (χ1) is 14.9. The molecule has 4 nitrogen and oxygen atoms in total. The molecule has 5 heteroatoms. The molecule has 1 heterocycles. The fourth-order valence-electron chi connectivity index (χ4n) is 4.06. The monoisotopic (exact) mass is 430 g/mol. The Morgan fingerprint density at radius 1 is 0.839 bits per heavy atom. The van der Waals surface area contributed by atoms with E-state index in [0.29, 0.717) is 0 Å². The molecule has 3 aromatic rings. The van der Waals surface area contributed by atoms with E-state index in [2.05, 4.69) is 0 Å². The van der Waals surface area contributed by atoms with Crippen molar-refractivity contribution in [1.82, 2.24) is 0 Å². The molecule has 0 N–H and O–H groups in total. The molecule has 1 aliphatic heterocycles. The van der Waals surface area contributed by atoms with Gasteiger partial charge in [-0.1, -0.05) is 47.5 Å². The molecular formula is C26H26N2O2S. The number of benzene rings is 3. The van der Waals surface area contributed by atoms with Crippen LogP contribution in [0.5, 0.6) is 0 Å². The van der Waals surface area contributed by atoms with Crippen LogP contribution >= 0.6 is 11.8 Å². The first-order valence-corrected chi connectivity index (χ1v) is 11.5. The van der Waals surface area contributed by atoms with Crippen molar-refractivity contribution < 1.29 is 9.59 Å². The molecule has 1 saturated heterocycles. The van der Waals surface area contributed by atoms with Crippen molar-refractivity contribution in [3.05, 3.63) is 89.0 Å². The number of hydrogen-bond donors (Lipinski definition) is 0. The molecule has 158 valence electrons. The van der Waals surface area contributed by atoms with Crippen LogP contribution in [-0.4, -0.2) is 24.6 Å². The number of amides is 2. The fourth-order valence-corrected chi connectivity index (χ4v) is 4.47. The summed E-state index contributed by atoms with van der Waals surface area (Å²) in [7, 11) is 0.